The second-order valence-corrected chi connectivity index (χ2v) is 10.2. The van der Waals surface area contributed by atoms with E-state index < -0.39 is 12.3 Å². The highest BCUT2D eigenvalue weighted by Crippen LogP contribution is 2.43. The van der Waals surface area contributed by atoms with Crippen molar-refractivity contribution in [3.63, 3.8) is 0 Å². The number of ether oxygens (including phenoxy) is 4. The molecule has 0 heterocycles. The molecule has 0 saturated heterocycles. The van der Waals surface area contributed by atoms with Crippen LogP contribution in [0.2, 0.25) is 0 Å². The van der Waals surface area contributed by atoms with Gasteiger partial charge in [-0.3, -0.25) is 0 Å². The van der Waals surface area contributed by atoms with Gasteiger partial charge in [0.05, 0.1) is 13.2 Å². The van der Waals surface area contributed by atoms with E-state index in [4.69, 9.17) is 18.9 Å². The summed E-state index contributed by atoms with van der Waals surface area (Å²) >= 11 is 0. The van der Waals surface area contributed by atoms with E-state index in [2.05, 4.69) is 27.7 Å². The Labute approximate surface area is 227 Å². The van der Waals surface area contributed by atoms with Crippen molar-refractivity contribution in [1.29, 1.82) is 0 Å². The Kier molecular flexibility index (Phi) is 12.0. The van der Waals surface area contributed by atoms with Gasteiger partial charge in [-0.25, -0.2) is 9.59 Å². The summed E-state index contributed by atoms with van der Waals surface area (Å²) in [6, 6.07) is 7.52. The maximum atomic E-state index is 12.8. The van der Waals surface area contributed by atoms with Crippen LogP contribution in [0.5, 0.6) is 11.5 Å². The minimum absolute atomic E-state index is 0.326. The van der Waals surface area contributed by atoms with Gasteiger partial charge in [0.15, 0.2) is 0 Å². The standard InChI is InChI=1S/C32H44O6/c1-5-9-15-23(7-3)21-35-31(33)37-29-25-17-11-13-19-27(25)30(28-20-14-12-18-26(28)29)38-32(34)36-22-24(8-4)16-10-6-2/h11-14,17,19,23-24H,5-10,15-16,18,20-22H2,1-4H3. The molecule has 6 heteroatoms. The Hall–Kier alpha value is -3.02. The molecule has 2 atom stereocenters. The zero-order chi connectivity index (χ0) is 27.3. The van der Waals surface area contributed by atoms with Gasteiger partial charge in [-0.1, -0.05) is 103 Å². The predicted molar refractivity (Wildman–Crippen MR) is 151 cm³/mol. The van der Waals surface area contributed by atoms with E-state index in [0.29, 0.717) is 60.2 Å². The predicted octanol–water partition coefficient (Wildman–Crippen LogP) is 8.96. The molecule has 0 spiro atoms. The van der Waals surface area contributed by atoms with Gasteiger partial charge >= 0.3 is 12.3 Å². The quantitative estimate of drug-likeness (QED) is 0.139. The first-order valence-corrected chi connectivity index (χ1v) is 14.4. The maximum absolute atomic E-state index is 12.8. The SMILES string of the molecule is CCCCC(CC)COC(=O)Oc1c2c(c(OC(=O)OCC(CC)CCCC)c3ccccc13)CC=CC2. The zero-order valence-electron chi connectivity index (χ0n) is 23.6. The summed E-state index contributed by atoms with van der Waals surface area (Å²) < 4.78 is 22.8. The number of carbonyl (C=O) groups excluding carboxylic acids is 2. The molecule has 3 rings (SSSR count). The van der Waals surface area contributed by atoms with Crippen LogP contribution in [0.4, 0.5) is 9.59 Å². The van der Waals surface area contributed by atoms with Crippen molar-refractivity contribution in [3.05, 3.63) is 47.5 Å². The van der Waals surface area contributed by atoms with Gasteiger partial charge in [0.1, 0.15) is 11.5 Å². The summed E-state index contributed by atoms with van der Waals surface area (Å²) in [5.74, 6) is 1.59. The number of fused-ring (bicyclic) bond motifs is 2. The Balaban J connectivity index is 1.82. The van der Waals surface area contributed by atoms with E-state index in [-0.39, 0.29) is 0 Å². The first-order valence-electron chi connectivity index (χ1n) is 14.4. The van der Waals surface area contributed by atoms with Crippen LogP contribution >= 0.6 is 0 Å². The summed E-state index contributed by atoms with van der Waals surface area (Å²) in [4.78, 5) is 25.6. The highest BCUT2D eigenvalue weighted by molar-refractivity contribution is 5.98. The first kappa shape index (κ1) is 29.5. The number of benzene rings is 2. The first-order chi connectivity index (χ1) is 18.5. The fourth-order valence-corrected chi connectivity index (χ4v) is 4.94. The Morgan fingerprint density at radius 2 is 1.13 bits per heavy atom. The number of allylic oxidation sites excluding steroid dienone is 2. The monoisotopic (exact) mass is 524 g/mol. The van der Waals surface area contributed by atoms with Gasteiger partial charge in [-0.15, -0.1) is 0 Å². The Morgan fingerprint density at radius 3 is 1.50 bits per heavy atom. The number of hydrogen-bond donors (Lipinski definition) is 0. The lowest BCUT2D eigenvalue weighted by atomic mass is 9.90. The largest absolute Gasteiger partial charge is 0.513 e. The molecule has 0 N–H and O–H groups in total. The van der Waals surface area contributed by atoms with Crippen LogP contribution in [0.1, 0.15) is 90.2 Å². The second kappa shape index (κ2) is 15.4. The molecule has 2 unspecified atom stereocenters. The van der Waals surface area contributed by atoms with E-state index in [0.717, 1.165) is 62.5 Å². The van der Waals surface area contributed by atoms with Crippen LogP contribution in [0.25, 0.3) is 10.8 Å². The maximum Gasteiger partial charge on any atom is 0.513 e. The van der Waals surface area contributed by atoms with E-state index in [1.807, 2.05) is 36.4 Å². The average Bonchev–Trinajstić information content (AvgIpc) is 2.95. The van der Waals surface area contributed by atoms with Gasteiger partial charge < -0.3 is 18.9 Å². The van der Waals surface area contributed by atoms with Gasteiger partial charge in [0, 0.05) is 21.9 Å². The molecule has 38 heavy (non-hydrogen) atoms. The Bertz CT molecular complexity index is 1000. The summed E-state index contributed by atoms with van der Waals surface area (Å²) in [6.07, 6.45) is 12.2. The van der Waals surface area contributed by atoms with Crippen molar-refractivity contribution in [2.45, 2.75) is 91.9 Å². The number of hydrogen-bond acceptors (Lipinski definition) is 6. The molecule has 0 fully saturated rings. The minimum atomic E-state index is -0.701. The minimum Gasteiger partial charge on any atom is -0.434 e. The molecule has 0 bridgehead atoms. The third-order valence-electron chi connectivity index (χ3n) is 7.47. The smallest absolute Gasteiger partial charge is 0.434 e. The topological polar surface area (TPSA) is 71.1 Å². The van der Waals surface area contributed by atoms with Crippen LogP contribution in [0, 0.1) is 11.8 Å². The molecule has 1 aliphatic rings. The van der Waals surface area contributed by atoms with Crippen molar-refractivity contribution in [1.82, 2.24) is 0 Å². The van der Waals surface area contributed by atoms with E-state index in [1.165, 1.54) is 0 Å². The second-order valence-electron chi connectivity index (χ2n) is 10.2. The number of carbonyl (C=O) groups is 2. The summed E-state index contributed by atoms with van der Waals surface area (Å²) in [7, 11) is 0. The molecule has 0 amide bonds. The molecule has 0 saturated carbocycles. The Morgan fingerprint density at radius 1 is 0.711 bits per heavy atom. The average molecular weight is 525 g/mol. The van der Waals surface area contributed by atoms with Gasteiger partial charge in [0.25, 0.3) is 0 Å². The van der Waals surface area contributed by atoms with Crippen LogP contribution in [-0.4, -0.2) is 25.5 Å². The van der Waals surface area contributed by atoms with Crippen molar-refractivity contribution in [3.8, 4) is 11.5 Å². The molecule has 2 aromatic carbocycles. The fourth-order valence-electron chi connectivity index (χ4n) is 4.94. The molecule has 0 radical (unpaired) electrons. The number of unbranched alkanes of at least 4 members (excludes halogenated alkanes) is 2. The van der Waals surface area contributed by atoms with Gasteiger partial charge in [-0.2, -0.15) is 0 Å². The lowest BCUT2D eigenvalue weighted by Crippen LogP contribution is -2.20. The number of rotatable bonds is 14. The lowest BCUT2D eigenvalue weighted by Gasteiger charge is -2.22. The van der Waals surface area contributed by atoms with Gasteiger partial charge in [0.2, 0.25) is 0 Å². The summed E-state index contributed by atoms with van der Waals surface area (Å²) in [6.45, 7) is 9.24. The summed E-state index contributed by atoms with van der Waals surface area (Å²) in [5, 5.41) is 1.41. The van der Waals surface area contributed by atoms with Crippen molar-refractivity contribution >= 4 is 23.1 Å². The fraction of sp³-hybridized carbons (Fsp3) is 0.562. The van der Waals surface area contributed by atoms with Crippen molar-refractivity contribution < 1.29 is 28.5 Å². The molecule has 6 nitrogen and oxygen atoms in total. The van der Waals surface area contributed by atoms with Crippen molar-refractivity contribution in [2.24, 2.45) is 11.8 Å². The van der Waals surface area contributed by atoms with E-state index >= 15 is 0 Å². The van der Waals surface area contributed by atoms with Crippen LogP contribution in [-0.2, 0) is 22.3 Å². The van der Waals surface area contributed by atoms with Crippen LogP contribution in [0.3, 0.4) is 0 Å². The van der Waals surface area contributed by atoms with Crippen LogP contribution < -0.4 is 9.47 Å². The molecule has 2 aromatic rings. The molecule has 1 aliphatic carbocycles. The summed E-state index contributed by atoms with van der Waals surface area (Å²) in [5.41, 5.74) is 1.66. The highest BCUT2D eigenvalue weighted by atomic mass is 16.7. The molecule has 0 aliphatic heterocycles. The molecular weight excluding hydrogens is 480 g/mol. The third-order valence-corrected chi connectivity index (χ3v) is 7.47. The third kappa shape index (κ3) is 7.99. The zero-order valence-corrected chi connectivity index (χ0v) is 23.6. The van der Waals surface area contributed by atoms with Crippen molar-refractivity contribution in [2.75, 3.05) is 13.2 Å². The van der Waals surface area contributed by atoms with E-state index in [9.17, 15) is 9.59 Å². The highest BCUT2D eigenvalue weighted by Gasteiger charge is 2.26. The van der Waals surface area contributed by atoms with Crippen LogP contribution in [0.15, 0.2) is 36.4 Å². The molecule has 208 valence electrons. The normalized spacial score (nSPS) is 14.0. The van der Waals surface area contributed by atoms with Gasteiger partial charge in [-0.05, 0) is 37.5 Å². The molecule has 0 aromatic heterocycles. The lowest BCUT2D eigenvalue weighted by molar-refractivity contribution is 0.0795. The van der Waals surface area contributed by atoms with E-state index in [1.54, 1.807) is 0 Å². The molecular formula is C32H44O6.